The van der Waals surface area contributed by atoms with Crippen molar-refractivity contribution in [1.82, 2.24) is 19.6 Å². The molecule has 0 aliphatic heterocycles. The molecular formula is C14H13N5O2. The number of hydrogen-bond acceptors (Lipinski definition) is 5. The summed E-state index contributed by atoms with van der Waals surface area (Å²) in [5.74, 6) is -0.638. The molecule has 2 heterocycles. The molecule has 1 aromatic carbocycles. The van der Waals surface area contributed by atoms with Gasteiger partial charge in [-0.05, 0) is 12.5 Å². The summed E-state index contributed by atoms with van der Waals surface area (Å²) in [7, 11) is 0. The Morgan fingerprint density at radius 2 is 2.10 bits per heavy atom. The quantitative estimate of drug-likeness (QED) is 0.754. The first-order valence-electron chi connectivity index (χ1n) is 6.33. The molecule has 0 fully saturated rings. The Bertz CT molecular complexity index is 786. The van der Waals surface area contributed by atoms with E-state index in [9.17, 15) is 9.90 Å². The molecule has 1 atom stereocenters. The highest BCUT2D eigenvalue weighted by atomic mass is 16.4. The Hall–Kier alpha value is -2.96. The number of rotatable bonds is 4. The zero-order valence-corrected chi connectivity index (χ0v) is 11.3. The van der Waals surface area contributed by atoms with Crippen LogP contribution in [0.25, 0.3) is 5.65 Å². The lowest BCUT2D eigenvalue weighted by molar-refractivity contribution is -0.142. The van der Waals surface area contributed by atoms with E-state index in [2.05, 4.69) is 20.5 Å². The number of carboxylic acid groups (broad SMARTS) is 1. The molecule has 1 unspecified atom stereocenters. The van der Waals surface area contributed by atoms with Gasteiger partial charge in [0.2, 0.25) is 5.65 Å². The molecule has 2 N–H and O–H groups in total. The SMILES string of the molecule is CC(Nc1nccn2cnnc12)(C(=O)O)c1ccccc1. The molecule has 3 aromatic rings. The number of anilines is 1. The van der Waals surface area contributed by atoms with Crippen LogP contribution in [-0.4, -0.2) is 30.7 Å². The Kier molecular flexibility index (Phi) is 3.02. The predicted molar refractivity (Wildman–Crippen MR) is 75.8 cm³/mol. The van der Waals surface area contributed by atoms with Crippen molar-refractivity contribution in [3.8, 4) is 0 Å². The molecule has 0 amide bonds. The Balaban J connectivity index is 2.08. The zero-order valence-electron chi connectivity index (χ0n) is 11.3. The smallest absolute Gasteiger partial charge is 0.333 e. The van der Waals surface area contributed by atoms with Crippen LogP contribution in [0.2, 0.25) is 0 Å². The molecule has 7 heteroatoms. The van der Waals surface area contributed by atoms with E-state index < -0.39 is 11.5 Å². The lowest BCUT2D eigenvalue weighted by atomic mass is 9.92. The summed E-state index contributed by atoms with van der Waals surface area (Å²) in [4.78, 5) is 15.9. The van der Waals surface area contributed by atoms with Gasteiger partial charge in [-0.2, -0.15) is 0 Å². The third kappa shape index (κ3) is 2.18. The van der Waals surface area contributed by atoms with Crippen molar-refractivity contribution in [2.24, 2.45) is 0 Å². The normalized spacial score (nSPS) is 13.8. The molecule has 0 radical (unpaired) electrons. The molecule has 3 rings (SSSR count). The van der Waals surface area contributed by atoms with Gasteiger partial charge in [0.1, 0.15) is 6.33 Å². The third-order valence-corrected chi connectivity index (χ3v) is 3.36. The monoisotopic (exact) mass is 283 g/mol. The summed E-state index contributed by atoms with van der Waals surface area (Å²) in [6.45, 7) is 1.59. The molecule has 0 aliphatic carbocycles. The molecule has 0 saturated heterocycles. The van der Waals surface area contributed by atoms with Gasteiger partial charge in [0.25, 0.3) is 0 Å². The van der Waals surface area contributed by atoms with Crippen LogP contribution in [0.15, 0.2) is 49.1 Å². The van der Waals surface area contributed by atoms with Crippen molar-refractivity contribution in [3.05, 3.63) is 54.6 Å². The first-order valence-corrected chi connectivity index (χ1v) is 6.33. The maximum Gasteiger partial charge on any atom is 0.333 e. The number of nitrogens with zero attached hydrogens (tertiary/aromatic N) is 4. The molecule has 0 spiro atoms. The number of fused-ring (bicyclic) bond motifs is 1. The second-order valence-electron chi connectivity index (χ2n) is 4.76. The van der Waals surface area contributed by atoms with Gasteiger partial charge in [-0.1, -0.05) is 30.3 Å². The molecule has 0 saturated carbocycles. The Morgan fingerprint density at radius 3 is 2.81 bits per heavy atom. The topological polar surface area (TPSA) is 92.4 Å². The van der Waals surface area contributed by atoms with Gasteiger partial charge in [0, 0.05) is 12.4 Å². The van der Waals surface area contributed by atoms with Crippen LogP contribution in [0, 0.1) is 0 Å². The number of benzene rings is 1. The molecule has 106 valence electrons. The van der Waals surface area contributed by atoms with E-state index in [0.29, 0.717) is 17.0 Å². The summed E-state index contributed by atoms with van der Waals surface area (Å²) in [5.41, 5.74) is -0.219. The number of carboxylic acids is 1. The van der Waals surface area contributed by atoms with E-state index in [-0.39, 0.29) is 0 Å². The van der Waals surface area contributed by atoms with E-state index >= 15 is 0 Å². The van der Waals surface area contributed by atoms with Gasteiger partial charge in [-0.25, -0.2) is 9.78 Å². The predicted octanol–water partition coefficient (Wildman–Crippen LogP) is 1.54. The molecule has 21 heavy (non-hydrogen) atoms. The van der Waals surface area contributed by atoms with E-state index in [1.54, 1.807) is 48.0 Å². The highest BCUT2D eigenvalue weighted by Crippen LogP contribution is 2.26. The minimum Gasteiger partial charge on any atom is -0.479 e. The van der Waals surface area contributed by atoms with Gasteiger partial charge in [0.15, 0.2) is 11.4 Å². The number of carbonyl (C=O) groups is 1. The van der Waals surface area contributed by atoms with Crippen LogP contribution >= 0.6 is 0 Å². The van der Waals surface area contributed by atoms with E-state index in [4.69, 9.17) is 0 Å². The van der Waals surface area contributed by atoms with Crippen molar-refractivity contribution in [1.29, 1.82) is 0 Å². The minimum atomic E-state index is -1.32. The number of hydrogen-bond donors (Lipinski definition) is 2. The average molecular weight is 283 g/mol. The minimum absolute atomic E-state index is 0.365. The average Bonchev–Trinajstić information content (AvgIpc) is 2.97. The van der Waals surface area contributed by atoms with Crippen LogP contribution in [0.3, 0.4) is 0 Å². The highest BCUT2D eigenvalue weighted by Gasteiger charge is 2.36. The lowest BCUT2D eigenvalue weighted by Crippen LogP contribution is -2.40. The molecule has 0 aliphatic rings. The Morgan fingerprint density at radius 1 is 1.33 bits per heavy atom. The number of aromatic nitrogens is 4. The van der Waals surface area contributed by atoms with Crippen LogP contribution in [0.4, 0.5) is 5.82 Å². The lowest BCUT2D eigenvalue weighted by Gasteiger charge is -2.27. The molecular weight excluding hydrogens is 270 g/mol. The molecule has 2 aromatic heterocycles. The first kappa shape index (κ1) is 13.0. The Labute approximate surface area is 120 Å². The standard InChI is InChI=1S/C14H13N5O2/c1-14(13(20)21,10-5-3-2-4-6-10)17-11-12-18-16-9-19(12)8-7-15-11/h2-9H,1H3,(H,15,17)(H,20,21). The second-order valence-corrected chi connectivity index (χ2v) is 4.76. The molecule has 7 nitrogen and oxygen atoms in total. The number of aliphatic carboxylic acids is 1. The van der Waals surface area contributed by atoms with Gasteiger partial charge in [0.05, 0.1) is 0 Å². The van der Waals surface area contributed by atoms with Gasteiger partial charge < -0.3 is 10.4 Å². The van der Waals surface area contributed by atoms with Crippen molar-refractivity contribution < 1.29 is 9.90 Å². The summed E-state index contributed by atoms with van der Waals surface area (Å²) < 4.78 is 1.67. The van der Waals surface area contributed by atoms with Crippen LogP contribution in [0.5, 0.6) is 0 Å². The van der Waals surface area contributed by atoms with Crippen LogP contribution < -0.4 is 5.32 Å². The third-order valence-electron chi connectivity index (χ3n) is 3.36. The number of nitrogens with one attached hydrogen (secondary N) is 1. The van der Waals surface area contributed by atoms with E-state index in [1.807, 2.05) is 6.07 Å². The summed E-state index contributed by atoms with van der Waals surface area (Å²) >= 11 is 0. The van der Waals surface area contributed by atoms with Crippen LogP contribution in [0.1, 0.15) is 12.5 Å². The largest absolute Gasteiger partial charge is 0.479 e. The fraction of sp³-hybridized carbons (Fsp3) is 0.143. The fourth-order valence-corrected chi connectivity index (χ4v) is 2.10. The highest BCUT2D eigenvalue weighted by molar-refractivity contribution is 5.85. The van der Waals surface area contributed by atoms with Crippen molar-refractivity contribution in [3.63, 3.8) is 0 Å². The van der Waals surface area contributed by atoms with Crippen LogP contribution in [-0.2, 0) is 10.3 Å². The first-order chi connectivity index (χ1) is 10.1. The van der Waals surface area contributed by atoms with Crippen molar-refractivity contribution in [2.45, 2.75) is 12.5 Å². The zero-order chi connectivity index (χ0) is 14.9. The van der Waals surface area contributed by atoms with Crippen molar-refractivity contribution in [2.75, 3.05) is 5.32 Å². The summed E-state index contributed by atoms with van der Waals surface area (Å²) in [5, 5.41) is 20.3. The van der Waals surface area contributed by atoms with Gasteiger partial charge in [-0.15, -0.1) is 10.2 Å². The maximum absolute atomic E-state index is 11.8. The fourth-order valence-electron chi connectivity index (χ4n) is 2.10. The van der Waals surface area contributed by atoms with Crippen molar-refractivity contribution >= 4 is 17.4 Å². The van der Waals surface area contributed by atoms with Gasteiger partial charge in [-0.3, -0.25) is 4.40 Å². The maximum atomic E-state index is 11.8. The van der Waals surface area contributed by atoms with E-state index in [1.165, 1.54) is 6.33 Å². The van der Waals surface area contributed by atoms with E-state index in [0.717, 1.165) is 0 Å². The second kappa shape index (κ2) is 4.86. The van der Waals surface area contributed by atoms with Gasteiger partial charge >= 0.3 is 5.97 Å². The molecule has 0 bridgehead atoms. The summed E-state index contributed by atoms with van der Waals surface area (Å²) in [6.07, 6.45) is 4.79. The summed E-state index contributed by atoms with van der Waals surface area (Å²) in [6, 6.07) is 8.94.